The van der Waals surface area contributed by atoms with Crippen LogP contribution in [0.1, 0.15) is 37.1 Å². The van der Waals surface area contributed by atoms with E-state index >= 15 is 0 Å². The molecule has 0 spiro atoms. The summed E-state index contributed by atoms with van der Waals surface area (Å²) in [5.41, 5.74) is 11.3. The molecule has 0 atom stereocenters. The largest absolute Gasteiger partial charge is 0.489 e. The number of benzene rings is 2. The second-order valence-electron chi connectivity index (χ2n) is 8.47. The van der Waals surface area contributed by atoms with Gasteiger partial charge in [0.05, 0.1) is 11.3 Å². The summed E-state index contributed by atoms with van der Waals surface area (Å²) in [7, 11) is 0. The lowest BCUT2D eigenvalue weighted by Crippen LogP contribution is -2.33. The van der Waals surface area contributed by atoms with Crippen molar-refractivity contribution in [3.8, 4) is 16.9 Å². The van der Waals surface area contributed by atoms with Gasteiger partial charge < -0.3 is 20.1 Å². The number of anilines is 1. The first-order chi connectivity index (χ1) is 16.1. The molecule has 0 amide bonds. The Kier molecular flexibility index (Phi) is 5.46. The molecule has 7 nitrogen and oxygen atoms in total. The lowest BCUT2D eigenvalue weighted by Gasteiger charge is -2.35. The standard InChI is InChI=1S/C26H26N4O3/c1-2-21-22(17-9-6-10-20(13-17)33-14-16-7-4-3-5-8-16)23-24(27)28-15-29-25(23)30(21)19-11-18(12-19)26(31)32/h3-10,13,15,18-19H,2,11-12,14H2,1H3,(H,31,32)(H2,27,28,29). The van der Waals surface area contributed by atoms with Crippen LogP contribution in [-0.2, 0) is 17.8 Å². The Hall–Kier alpha value is -3.87. The molecule has 1 aliphatic rings. The molecular weight excluding hydrogens is 416 g/mol. The minimum absolute atomic E-state index is 0.0871. The molecule has 0 saturated heterocycles. The van der Waals surface area contributed by atoms with E-state index in [2.05, 4.69) is 21.5 Å². The van der Waals surface area contributed by atoms with E-state index in [-0.39, 0.29) is 12.0 Å². The molecule has 4 aromatic rings. The number of nitrogen functional groups attached to an aromatic ring is 1. The summed E-state index contributed by atoms with van der Waals surface area (Å²) in [4.78, 5) is 20.2. The van der Waals surface area contributed by atoms with Crippen molar-refractivity contribution in [3.05, 3.63) is 72.2 Å². The van der Waals surface area contributed by atoms with Gasteiger partial charge in [0.1, 0.15) is 30.1 Å². The minimum atomic E-state index is -0.738. The highest BCUT2D eigenvalue weighted by atomic mass is 16.5. The van der Waals surface area contributed by atoms with Gasteiger partial charge >= 0.3 is 5.97 Å². The molecule has 1 saturated carbocycles. The quantitative estimate of drug-likeness (QED) is 0.424. The first-order valence-electron chi connectivity index (χ1n) is 11.2. The van der Waals surface area contributed by atoms with Gasteiger partial charge in [-0.15, -0.1) is 0 Å². The van der Waals surface area contributed by atoms with E-state index in [1.807, 2.05) is 54.6 Å². The van der Waals surface area contributed by atoms with E-state index in [1.165, 1.54) is 6.33 Å². The maximum Gasteiger partial charge on any atom is 0.306 e. The summed E-state index contributed by atoms with van der Waals surface area (Å²) in [6, 6.07) is 18.1. The van der Waals surface area contributed by atoms with Crippen molar-refractivity contribution in [1.82, 2.24) is 14.5 Å². The van der Waals surface area contributed by atoms with Crippen molar-refractivity contribution in [2.45, 2.75) is 38.8 Å². The zero-order chi connectivity index (χ0) is 22.9. The fourth-order valence-corrected chi connectivity index (χ4v) is 4.74. The van der Waals surface area contributed by atoms with E-state index in [9.17, 15) is 9.90 Å². The highest BCUT2D eigenvalue weighted by molar-refractivity contribution is 6.02. The van der Waals surface area contributed by atoms with Gasteiger partial charge in [-0.25, -0.2) is 9.97 Å². The third kappa shape index (κ3) is 3.80. The first kappa shape index (κ1) is 21.0. The number of hydrogen-bond donors (Lipinski definition) is 2. The van der Waals surface area contributed by atoms with Crippen LogP contribution in [0.5, 0.6) is 5.75 Å². The second kappa shape index (κ2) is 8.58. The van der Waals surface area contributed by atoms with Crippen molar-refractivity contribution in [3.63, 3.8) is 0 Å². The van der Waals surface area contributed by atoms with Gasteiger partial charge in [0.25, 0.3) is 0 Å². The predicted molar refractivity (Wildman–Crippen MR) is 127 cm³/mol. The van der Waals surface area contributed by atoms with Gasteiger partial charge in [-0.3, -0.25) is 4.79 Å². The fraction of sp³-hybridized carbons (Fsp3) is 0.269. The van der Waals surface area contributed by atoms with E-state index < -0.39 is 5.97 Å². The Balaban J connectivity index is 1.56. The van der Waals surface area contributed by atoms with Gasteiger partial charge in [-0.2, -0.15) is 0 Å². The summed E-state index contributed by atoms with van der Waals surface area (Å²) < 4.78 is 8.24. The fourth-order valence-electron chi connectivity index (χ4n) is 4.74. The number of fused-ring (bicyclic) bond motifs is 1. The Labute approximate surface area is 191 Å². The van der Waals surface area contributed by atoms with Gasteiger partial charge in [0.15, 0.2) is 0 Å². The van der Waals surface area contributed by atoms with Gasteiger partial charge in [-0.1, -0.05) is 49.4 Å². The van der Waals surface area contributed by atoms with Crippen molar-refractivity contribution in [1.29, 1.82) is 0 Å². The van der Waals surface area contributed by atoms with Gasteiger partial charge in [-0.05, 0) is 42.5 Å². The summed E-state index contributed by atoms with van der Waals surface area (Å²) >= 11 is 0. The number of ether oxygens (including phenoxy) is 1. The molecule has 1 aliphatic carbocycles. The summed E-state index contributed by atoms with van der Waals surface area (Å²) in [5, 5.41) is 10.2. The summed E-state index contributed by atoms with van der Waals surface area (Å²) in [6.07, 6.45) is 3.42. The third-order valence-electron chi connectivity index (χ3n) is 6.45. The van der Waals surface area contributed by atoms with Crippen LogP contribution in [0.15, 0.2) is 60.9 Å². The predicted octanol–water partition coefficient (Wildman–Crippen LogP) is 4.86. The Bertz CT molecular complexity index is 1310. The van der Waals surface area contributed by atoms with Crippen molar-refractivity contribution in [2.75, 3.05) is 5.73 Å². The number of hydrogen-bond acceptors (Lipinski definition) is 5. The molecule has 1 fully saturated rings. The average molecular weight is 443 g/mol. The molecule has 7 heteroatoms. The number of nitrogens with two attached hydrogens (primary N) is 1. The molecule has 5 rings (SSSR count). The number of aromatic nitrogens is 3. The number of nitrogens with zero attached hydrogens (tertiary/aromatic N) is 3. The Morgan fingerprint density at radius 1 is 1.15 bits per heavy atom. The Morgan fingerprint density at radius 3 is 2.67 bits per heavy atom. The lowest BCUT2D eigenvalue weighted by atomic mass is 9.80. The molecule has 0 unspecified atom stereocenters. The maximum atomic E-state index is 11.4. The van der Waals surface area contributed by atoms with E-state index in [0.717, 1.165) is 45.6 Å². The van der Waals surface area contributed by atoms with Crippen molar-refractivity contribution in [2.24, 2.45) is 5.92 Å². The molecule has 0 radical (unpaired) electrons. The van der Waals surface area contributed by atoms with E-state index in [0.29, 0.717) is 25.3 Å². The number of rotatable bonds is 7. The topological polar surface area (TPSA) is 103 Å². The van der Waals surface area contributed by atoms with Gasteiger partial charge in [0.2, 0.25) is 0 Å². The maximum absolute atomic E-state index is 11.4. The second-order valence-corrected chi connectivity index (χ2v) is 8.47. The zero-order valence-electron chi connectivity index (χ0n) is 18.4. The van der Waals surface area contributed by atoms with E-state index in [1.54, 1.807) is 0 Å². The highest BCUT2D eigenvalue weighted by Crippen LogP contribution is 2.45. The molecular formula is C26H26N4O3. The SMILES string of the molecule is CCc1c(-c2cccc(OCc3ccccc3)c2)c2c(N)ncnc2n1C1CC(C(=O)O)C1. The Morgan fingerprint density at radius 2 is 1.94 bits per heavy atom. The average Bonchev–Trinajstić information content (AvgIpc) is 3.13. The molecule has 0 bridgehead atoms. The van der Waals surface area contributed by atoms with Crippen molar-refractivity contribution < 1.29 is 14.6 Å². The monoisotopic (exact) mass is 442 g/mol. The molecule has 2 heterocycles. The van der Waals surface area contributed by atoms with Crippen LogP contribution in [0.2, 0.25) is 0 Å². The van der Waals surface area contributed by atoms with Crippen LogP contribution in [0, 0.1) is 5.92 Å². The molecule has 2 aromatic heterocycles. The molecule has 168 valence electrons. The first-order valence-corrected chi connectivity index (χ1v) is 11.2. The minimum Gasteiger partial charge on any atom is -0.489 e. The number of carbonyl (C=O) groups is 1. The van der Waals surface area contributed by atoms with Crippen LogP contribution in [0.3, 0.4) is 0 Å². The van der Waals surface area contributed by atoms with Gasteiger partial charge in [0, 0.05) is 17.3 Å². The summed E-state index contributed by atoms with van der Waals surface area (Å²) in [5.74, 6) is 0.144. The third-order valence-corrected chi connectivity index (χ3v) is 6.45. The molecule has 2 aromatic carbocycles. The van der Waals surface area contributed by atoms with Crippen LogP contribution < -0.4 is 10.5 Å². The molecule has 33 heavy (non-hydrogen) atoms. The molecule has 3 N–H and O–H groups in total. The number of carboxylic acid groups (broad SMARTS) is 1. The number of aliphatic carboxylic acids is 1. The normalized spacial score (nSPS) is 17.6. The molecule has 0 aliphatic heterocycles. The zero-order valence-corrected chi connectivity index (χ0v) is 18.4. The van der Waals surface area contributed by atoms with Crippen LogP contribution in [0.4, 0.5) is 5.82 Å². The number of carboxylic acids is 1. The lowest BCUT2D eigenvalue weighted by molar-refractivity contribution is -0.145. The van der Waals surface area contributed by atoms with E-state index in [4.69, 9.17) is 10.5 Å². The van der Waals surface area contributed by atoms with Crippen molar-refractivity contribution >= 4 is 22.8 Å². The van der Waals surface area contributed by atoms with Crippen LogP contribution in [0.25, 0.3) is 22.2 Å². The smallest absolute Gasteiger partial charge is 0.306 e. The van der Waals surface area contributed by atoms with Crippen LogP contribution in [-0.4, -0.2) is 25.6 Å². The van der Waals surface area contributed by atoms with Crippen LogP contribution >= 0.6 is 0 Å². The summed E-state index contributed by atoms with van der Waals surface area (Å²) in [6.45, 7) is 2.58. The highest BCUT2D eigenvalue weighted by Gasteiger charge is 2.38.